The Morgan fingerprint density at radius 1 is 1.20 bits per heavy atom. The summed E-state index contributed by atoms with van der Waals surface area (Å²) < 4.78 is 7.26. The van der Waals surface area contributed by atoms with Gasteiger partial charge in [-0.1, -0.05) is 12.1 Å². The lowest BCUT2D eigenvalue weighted by Gasteiger charge is -2.07. The summed E-state index contributed by atoms with van der Waals surface area (Å²) in [5.74, 6) is 1.91. The van der Waals surface area contributed by atoms with E-state index in [2.05, 4.69) is 4.98 Å². The molecule has 0 amide bonds. The number of fused-ring (bicyclic) bond motifs is 1. The number of hydrogen-bond acceptors (Lipinski definition) is 3. The SMILES string of the molecule is COc1ccc2c(c1)nc(-c1cccc(O)c1C)n2C. The van der Waals surface area contributed by atoms with Crippen molar-refractivity contribution in [1.29, 1.82) is 0 Å². The molecule has 0 fully saturated rings. The van der Waals surface area contributed by atoms with Gasteiger partial charge in [0.05, 0.1) is 18.1 Å². The molecule has 4 heteroatoms. The molecule has 3 rings (SSSR count). The van der Waals surface area contributed by atoms with Gasteiger partial charge in [-0.2, -0.15) is 0 Å². The molecule has 0 atom stereocenters. The quantitative estimate of drug-likeness (QED) is 0.776. The Morgan fingerprint density at radius 2 is 2.00 bits per heavy atom. The number of aromatic hydroxyl groups is 1. The van der Waals surface area contributed by atoms with Crippen molar-refractivity contribution in [2.45, 2.75) is 6.92 Å². The van der Waals surface area contributed by atoms with Crippen molar-refractivity contribution in [2.24, 2.45) is 7.05 Å². The lowest BCUT2D eigenvalue weighted by atomic mass is 10.1. The van der Waals surface area contributed by atoms with Crippen LogP contribution in [0.1, 0.15) is 5.56 Å². The molecule has 1 aromatic heterocycles. The van der Waals surface area contributed by atoms with Crippen molar-refractivity contribution in [3.05, 3.63) is 42.0 Å². The fourth-order valence-corrected chi connectivity index (χ4v) is 2.41. The van der Waals surface area contributed by atoms with Crippen molar-refractivity contribution < 1.29 is 9.84 Å². The van der Waals surface area contributed by atoms with E-state index in [0.717, 1.165) is 33.7 Å². The van der Waals surface area contributed by atoms with Crippen LogP contribution in [0.2, 0.25) is 0 Å². The average Bonchev–Trinajstić information content (AvgIpc) is 2.78. The zero-order valence-electron chi connectivity index (χ0n) is 11.7. The summed E-state index contributed by atoms with van der Waals surface area (Å²) in [4.78, 5) is 4.66. The predicted molar refractivity (Wildman–Crippen MR) is 79.1 cm³/mol. The van der Waals surface area contributed by atoms with E-state index < -0.39 is 0 Å². The second-order valence-corrected chi connectivity index (χ2v) is 4.80. The first kappa shape index (κ1) is 12.5. The molecule has 4 nitrogen and oxygen atoms in total. The monoisotopic (exact) mass is 268 g/mol. The zero-order chi connectivity index (χ0) is 14.3. The first-order valence-corrected chi connectivity index (χ1v) is 6.41. The number of ether oxygens (including phenoxy) is 1. The van der Waals surface area contributed by atoms with E-state index in [4.69, 9.17) is 4.74 Å². The molecule has 1 N–H and O–H groups in total. The molecule has 2 aromatic carbocycles. The Kier molecular flexibility index (Phi) is 2.86. The molecule has 0 saturated heterocycles. The Balaban J connectivity index is 2.26. The van der Waals surface area contributed by atoms with E-state index in [0.29, 0.717) is 0 Å². The van der Waals surface area contributed by atoms with Gasteiger partial charge in [-0.05, 0) is 25.1 Å². The third kappa shape index (κ3) is 1.81. The number of imidazole rings is 1. The summed E-state index contributed by atoms with van der Waals surface area (Å²) in [6.45, 7) is 1.89. The molecule has 0 aliphatic rings. The van der Waals surface area contributed by atoms with Gasteiger partial charge in [-0.25, -0.2) is 4.98 Å². The molecule has 0 radical (unpaired) electrons. The van der Waals surface area contributed by atoms with Crippen LogP contribution in [0.3, 0.4) is 0 Å². The van der Waals surface area contributed by atoms with Crippen LogP contribution in [-0.2, 0) is 7.05 Å². The van der Waals surface area contributed by atoms with Crippen molar-refractivity contribution in [1.82, 2.24) is 9.55 Å². The minimum atomic E-state index is 0.284. The molecule has 0 saturated carbocycles. The fraction of sp³-hybridized carbons (Fsp3) is 0.188. The van der Waals surface area contributed by atoms with Gasteiger partial charge in [0.1, 0.15) is 17.3 Å². The molecule has 0 aliphatic carbocycles. The van der Waals surface area contributed by atoms with Crippen LogP contribution >= 0.6 is 0 Å². The lowest BCUT2D eigenvalue weighted by Crippen LogP contribution is -1.94. The third-order valence-corrected chi connectivity index (χ3v) is 3.63. The first-order valence-electron chi connectivity index (χ1n) is 6.41. The third-order valence-electron chi connectivity index (χ3n) is 3.63. The number of benzene rings is 2. The van der Waals surface area contributed by atoms with Crippen LogP contribution < -0.4 is 4.74 Å². The highest BCUT2D eigenvalue weighted by atomic mass is 16.5. The minimum Gasteiger partial charge on any atom is -0.508 e. The standard InChI is InChI=1S/C16H16N2O2/c1-10-12(5-4-6-15(10)19)16-17-13-9-11(20-3)7-8-14(13)18(16)2/h4-9,19H,1-3H3. The molecule has 0 bridgehead atoms. The average molecular weight is 268 g/mol. The largest absolute Gasteiger partial charge is 0.508 e. The molecule has 102 valence electrons. The minimum absolute atomic E-state index is 0.284. The molecule has 1 heterocycles. The number of methoxy groups -OCH3 is 1. The highest BCUT2D eigenvalue weighted by Gasteiger charge is 2.13. The zero-order valence-corrected chi connectivity index (χ0v) is 11.7. The summed E-state index contributed by atoms with van der Waals surface area (Å²) in [5.41, 5.74) is 3.67. The van der Waals surface area contributed by atoms with Crippen LogP contribution in [0.15, 0.2) is 36.4 Å². The molecule has 0 unspecified atom stereocenters. The van der Waals surface area contributed by atoms with Gasteiger partial charge >= 0.3 is 0 Å². The Labute approximate surface area is 117 Å². The molecular weight excluding hydrogens is 252 g/mol. The van der Waals surface area contributed by atoms with E-state index in [1.54, 1.807) is 13.2 Å². The van der Waals surface area contributed by atoms with Crippen molar-refractivity contribution in [2.75, 3.05) is 7.11 Å². The van der Waals surface area contributed by atoms with Crippen LogP contribution in [0.25, 0.3) is 22.4 Å². The van der Waals surface area contributed by atoms with Gasteiger partial charge in [-0.3, -0.25) is 0 Å². The van der Waals surface area contributed by atoms with E-state index in [9.17, 15) is 5.11 Å². The maximum Gasteiger partial charge on any atom is 0.141 e. The van der Waals surface area contributed by atoms with Gasteiger partial charge in [-0.15, -0.1) is 0 Å². The number of hydrogen-bond donors (Lipinski definition) is 1. The molecule has 20 heavy (non-hydrogen) atoms. The van der Waals surface area contributed by atoms with Crippen molar-refractivity contribution in [3.8, 4) is 22.9 Å². The molecule has 3 aromatic rings. The van der Waals surface area contributed by atoms with Crippen LogP contribution in [0.5, 0.6) is 11.5 Å². The second-order valence-electron chi connectivity index (χ2n) is 4.80. The summed E-state index contributed by atoms with van der Waals surface area (Å²) in [6, 6.07) is 11.3. The number of aromatic nitrogens is 2. The fourth-order valence-electron chi connectivity index (χ4n) is 2.41. The molecule has 0 spiro atoms. The topological polar surface area (TPSA) is 47.3 Å². The lowest BCUT2D eigenvalue weighted by molar-refractivity contribution is 0.415. The van der Waals surface area contributed by atoms with Gasteiger partial charge in [0, 0.05) is 24.2 Å². The number of rotatable bonds is 2. The number of phenols is 1. The molecular formula is C16H16N2O2. The number of nitrogens with zero attached hydrogens (tertiary/aromatic N) is 2. The van der Waals surface area contributed by atoms with Crippen LogP contribution in [0, 0.1) is 6.92 Å². The summed E-state index contributed by atoms with van der Waals surface area (Å²) in [6.07, 6.45) is 0. The van der Waals surface area contributed by atoms with Crippen molar-refractivity contribution >= 4 is 11.0 Å². The van der Waals surface area contributed by atoms with E-state index in [-0.39, 0.29) is 5.75 Å². The van der Waals surface area contributed by atoms with Crippen molar-refractivity contribution in [3.63, 3.8) is 0 Å². The Morgan fingerprint density at radius 3 is 2.75 bits per heavy atom. The van der Waals surface area contributed by atoms with Crippen LogP contribution in [0.4, 0.5) is 0 Å². The Hall–Kier alpha value is -2.49. The van der Waals surface area contributed by atoms with E-state index in [1.807, 2.05) is 48.9 Å². The highest BCUT2D eigenvalue weighted by molar-refractivity contribution is 5.82. The summed E-state index contributed by atoms with van der Waals surface area (Å²) in [5, 5.41) is 9.85. The molecule has 0 aliphatic heterocycles. The maximum atomic E-state index is 9.85. The van der Waals surface area contributed by atoms with Gasteiger partial charge in [0.2, 0.25) is 0 Å². The number of aryl methyl sites for hydroxylation is 1. The maximum absolute atomic E-state index is 9.85. The summed E-state index contributed by atoms with van der Waals surface area (Å²) >= 11 is 0. The second kappa shape index (κ2) is 4.56. The van der Waals surface area contributed by atoms with E-state index in [1.165, 1.54) is 0 Å². The van der Waals surface area contributed by atoms with E-state index >= 15 is 0 Å². The van der Waals surface area contributed by atoms with Gasteiger partial charge < -0.3 is 14.4 Å². The Bertz CT molecular complexity index is 791. The highest BCUT2D eigenvalue weighted by Crippen LogP contribution is 2.31. The summed E-state index contributed by atoms with van der Waals surface area (Å²) in [7, 11) is 3.62. The number of phenolic OH excluding ortho intramolecular Hbond substituents is 1. The smallest absolute Gasteiger partial charge is 0.141 e. The predicted octanol–water partition coefficient (Wildman–Crippen LogP) is 3.26. The van der Waals surface area contributed by atoms with Crippen LogP contribution in [-0.4, -0.2) is 21.8 Å². The first-order chi connectivity index (χ1) is 9.61. The van der Waals surface area contributed by atoms with Gasteiger partial charge in [0.15, 0.2) is 0 Å². The van der Waals surface area contributed by atoms with Gasteiger partial charge in [0.25, 0.3) is 0 Å². The normalized spacial score (nSPS) is 10.9.